The van der Waals surface area contributed by atoms with E-state index in [-0.39, 0.29) is 28.2 Å². The van der Waals surface area contributed by atoms with Crippen molar-refractivity contribution >= 4 is 39.0 Å². The van der Waals surface area contributed by atoms with Crippen LogP contribution in [0.15, 0.2) is 29.0 Å². The molecule has 0 radical (unpaired) electrons. The molecule has 0 unspecified atom stereocenters. The van der Waals surface area contributed by atoms with Gasteiger partial charge in [0.1, 0.15) is 17.2 Å². The number of hydrogen-bond acceptors (Lipinski definition) is 6. The number of nitro groups is 1. The molecular weight excluding hydrogens is 339 g/mol. The van der Waals surface area contributed by atoms with Gasteiger partial charge in [0.15, 0.2) is 0 Å². The maximum Gasteiger partial charge on any atom is 0.312 e. The summed E-state index contributed by atoms with van der Waals surface area (Å²) in [5, 5.41) is 10.9. The van der Waals surface area contributed by atoms with E-state index in [1.165, 1.54) is 12.1 Å². The molecule has 0 saturated carbocycles. The van der Waals surface area contributed by atoms with E-state index in [0.717, 1.165) is 6.33 Å². The fraction of sp³-hybridized carbons (Fsp3) is 0. The van der Waals surface area contributed by atoms with Crippen LogP contribution in [0.2, 0.25) is 5.02 Å². The molecule has 0 aliphatic heterocycles. The highest BCUT2D eigenvalue weighted by Gasteiger charge is 2.18. The quantitative estimate of drug-likeness (QED) is 0.676. The maximum absolute atomic E-state index is 10.9. The Morgan fingerprint density at radius 2 is 2.16 bits per heavy atom. The topological polar surface area (TPSA) is 104 Å². The van der Waals surface area contributed by atoms with E-state index in [1.807, 2.05) is 0 Å². The van der Waals surface area contributed by atoms with Crippen LogP contribution in [0.3, 0.4) is 0 Å². The van der Waals surface area contributed by atoms with E-state index in [1.54, 1.807) is 6.07 Å². The third kappa shape index (κ3) is 2.91. The van der Waals surface area contributed by atoms with Gasteiger partial charge >= 0.3 is 5.69 Å². The van der Waals surface area contributed by atoms with Crippen LogP contribution in [0, 0.1) is 10.1 Å². The van der Waals surface area contributed by atoms with Crippen LogP contribution in [0.4, 0.5) is 11.5 Å². The van der Waals surface area contributed by atoms with E-state index in [4.69, 9.17) is 22.1 Å². The number of nitrogens with two attached hydrogens (primary N) is 1. The molecule has 1 aromatic heterocycles. The van der Waals surface area contributed by atoms with Gasteiger partial charge in [0.25, 0.3) is 0 Å². The van der Waals surface area contributed by atoms with E-state index in [9.17, 15) is 10.1 Å². The highest BCUT2D eigenvalue weighted by Crippen LogP contribution is 2.36. The van der Waals surface area contributed by atoms with Gasteiger partial charge in [0.05, 0.1) is 4.92 Å². The Balaban J connectivity index is 2.44. The molecule has 0 aliphatic rings. The minimum atomic E-state index is -0.571. The standard InChI is InChI=1S/C10H6BrClN4O3/c11-5-1-2-7(6(3-5)16(17)18)19-10-8(12)9(13)14-4-15-10/h1-4H,(H2,13,14,15). The van der Waals surface area contributed by atoms with Crippen molar-refractivity contribution in [2.45, 2.75) is 0 Å². The van der Waals surface area contributed by atoms with Gasteiger partial charge in [0, 0.05) is 10.5 Å². The van der Waals surface area contributed by atoms with Crippen LogP contribution >= 0.6 is 27.5 Å². The fourth-order valence-corrected chi connectivity index (χ4v) is 1.75. The van der Waals surface area contributed by atoms with Crippen LogP contribution in [-0.2, 0) is 0 Å². The van der Waals surface area contributed by atoms with Crippen molar-refractivity contribution in [1.82, 2.24) is 9.97 Å². The van der Waals surface area contributed by atoms with Crippen molar-refractivity contribution in [1.29, 1.82) is 0 Å². The van der Waals surface area contributed by atoms with Crippen LogP contribution in [-0.4, -0.2) is 14.9 Å². The summed E-state index contributed by atoms with van der Waals surface area (Å²) in [7, 11) is 0. The predicted octanol–water partition coefficient (Wildman–Crippen LogP) is 3.18. The molecule has 9 heteroatoms. The largest absolute Gasteiger partial charge is 0.430 e. The minimum Gasteiger partial charge on any atom is -0.430 e. The third-order valence-corrected chi connectivity index (χ3v) is 2.96. The first-order valence-electron chi connectivity index (χ1n) is 4.87. The van der Waals surface area contributed by atoms with Gasteiger partial charge in [-0.05, 0) is 12.1 Å². The zero-order valence-electron chi connectivity index (χ0n) is 9.21. The second kappa shape index (κ2) is 5.37. The van der Waals surface area contributed by atoms with E-state index in [2.05, 4.69) is 25.9 Å². The number of nitrogen functional groups attached to an aromatic ring is 1. The van der Waals surface area contributed by atoms with Gasteiger partial charge in [-0.2, -0.15) is 4.98 Å². The van der Waals surface area contributed by atoms with Crippen LogP contribution in [0.1, 0.15) is 0 Å². The van der Waals surface area contributed by atoms with Crippen LogP contribution in [0.25, 0.3) is 0 Å². The Kier molecular flexibility index (Phi) is 3.82. The molecule has 2 aromatic rings. The SMILES string of the molecule is Nc1ncnc(Oc2ccc(Br)cc2[N+](=O)[O-])c1Cl. The summed E-state index contributed by atoms with van der Waals surface area (Å²) < 4.78 is 5.87. The number of nitrogens with zero attached hydrogens (tertiary/aromatic N) is 3. The van der Waals surface area contributed by atoms with Crippen molar-refractivity contribution in [2.75, 3.05) is 5.73 Å². The Bertz CT molecular complexity index is 653. The number of anilines is 1. The molecule has 2 rings (SSSR count). The number of ether oxygens (including phenoxy) is 1. The molecule has 0 saturated heterocycles. The molecule has 1 aromatic carbocycles. The van der Waals surface area contributed by atoms with Crippen molar-refractivity contribution < 1.29 is 9.66 Å². The molecule has 0 aliphatic carbocycles. The average Bonchev–Trinajstić information content (AvgIpc) is 2.36. The monoisotopic (exact) mass is 344 g/mol. The lowest BCUT2D eigenvalue weighted by molar-refractivity contribution is -0.385. The van der Waals surface area contributed by atoms with Crippen molar-refractivity contribution in [3.63, 3.8) is 0 Å². The first-order valence-corrected chi connectivity index (χ1v) is 6.04. The molecule has 7 nitrogen and oxygen atoms in total. The lowest BCUT2D eigenvalue weighted by Crippen LogP contribution is -1.98. The van der Waals surface area contributed by atoms with Crippen molar-refractivity contribution in [3.05, 3.63) is 44.1 Å². The second-order valence-corrected chi connectivity index (χ2v) is 4.64. The average molecular weight is 346 g/mol. The summed E-state index contributed by atoms with van der Waals surface area (Å²) >= 11 is 9.00. The molecule has 2 N–H and O–H groups in total. The van der Waals surface area contributed by atoms with Gasteiger partial charge in [-0.15, -0.1) is 0 Å². The lowest BCUT2D eigenvalue weighted by atomic mass is 10.3. The number of halogens is 2. The highest BCUT2D eigenvalue weighted by molar-refractivity contribution is 9.10. The van der Waals surface area contributed by atoms with Gasteiger partial charge in [-0.3, -0.25) is 10.1 Å². The minimum absolute atomic E-state index is 0.000262. The Morgan fingerprint density at radius 3 is 2.84 bits per heavy atom. The van der Waals surface area contributed by atoms with Gasteiger partial charge in [0.2, 0.25) is 11.6 Å². The number of aromatic nitrogens is 2. The van der Waals surface area contributed by atoms with E-state index >= 15 is 0 Å². The highest BCUT2D eigenvalue weighted by atomic mass is 79.9. The van der Waals surface area contributed by atoms with Gasteiger partial charge < -0.3 is 10.5 Å². The zero-order chi connectivity index (χ0) is 14.0. The van der Waals surface area contributed by atoms with Crippen molar-refractivity contribution in [3.8, 4) is 11.6 Å². The Hall–Kier alpha value is -1.93. The number of rotatable bonds is 3. The van der Waals surface area contributed by atoms with Gasteiger partial charge in [-0.1, -0.05) is 27.5 Å². The lowest BCUT2D eigenvalue weighted by Gasteiger charge is -2.07. The Morgan fingerprint density at radius 1 is 1.42 bits per heavy atom. The summed E-state index contributed by atoms with van der Waals surface area (Å²) in [4.78, 5) is 17.8. The van der Waals surface area contributed by atoms with Crippen LogP contribution < -0.4 is 10.5 Å². The summed E-state index contributed by atoms with van der Waals surface area (Å²) in [5.41, 5.74) is 5.27. The summed E-state index contributed by atoms with van der Waals surface area (Å²) in [6, 6.07) is 4.34. The summed E-state index contributed by atoms with van der Waals surface area (Å²) in [6.07, 6.45) is 1.15. The molecule has 0 amide bonds. The summed E-state index contributed by atoms with van der Waals surface area (Å²) in [6.45, 7) is 0. The molecule has 19 heavy (non-hydrogen) atoms. The summed E-state index contributed by atoms with van der Waals surface area (Å²) in [5.74, 6) is -0.000722. The zero-order valence-corrected chi connectivity index (χ0v) is 11.6. The van der Waals surface area contributed by atoms with Crippen molar-refractivity contribution in [2.24, 2.45) is 0 Å². The smallest absolute Gasteiger partial charge is 0.312 e. The molecule has 0 fully saturated rings. The number of benzene rings is 1. The first kappa shape index (κ1) is 13.5. The number of hydrogen-bond donors (Lipinski definition) is 1. The Labute approximate surface area is 120 Å². The number of nitro benzene ring substituents is 1. The molecular formula is C10H6BrClN4O3. The normalized spacial score (nSPS) is 10.2. The molecule has 98 valence electrons. The van der Waals surface area contributed by atoms with E-state index in [0.29, 0.717) is 4.47 Å². The second-order valence-electron chi connectivity index (χ2n) is 3.35. The van der Waals surface area contributed by atoms with Crippen LogP contribution in [0.5, 0.6) is 11.6 Å². The molecule has 1 heterocycles. The van der Waals surface area contributed by atoms with Gasteiger partial charge in [-0.25, -0.2) is 4.98 Å². The van der Waals surface area contributed by atoms with E-state index < -0.39 is 4.92 Å². The molecule has 0 bridgehead atoms. The maximum atomic E-state index is 10.9. The fourth-order valence-electron chi connectivity index (χ4n) is 1.26. The molecule has 0 spiro atoms. The third-order valence-electron chi connectivity index (χ3n) is 2.11. The molecule has 0 atom stereocenters. The predicted molar refractivity (Wildman–Crippen MR) is 72.3 cm³/mol. The first-order chi connectivity index (χ1) is 8.99.